The van der Waals surface area contributed by atoms with Crippen molar-refractivity contribution in [2.24, 2.45) is 0 Å². The van der Waals surface area contributed by atoms with E-state index in [1.54, 1.807) is 6.20 Å². The van der Waals surface area contributed by atoms with Crippen molar-refractivity contribution in [1.82, 2.24) is 15.0 Å². The number of pyridine rings is 1. The molecular formula is C23H25N5O. The van der Waals surface area contributed by atoms with E-state index >= 15 is 0 Å². The van der Waals surface area contributed by atoms with Gasteiger partial charge in [-0.1, -0.05) is 24.3 Å². The van der Waals surface area contributed by atoms with E-state index in [1.807, 2.05) is 60.5 Å². The van der Waals surface area contributed by atoms with Crippen molar-refractivity contribution in [3.05, 3.63) is 66.0 Å². The number of anilines is 2. The molecule has 0 atom stereocenters. The Labute approximate surface area is 171 Å². The summed E-state index contributed by atoms with van der Waals surface area (Å²) in [6.07, 6.45) is 6.76. The van der Waals surface area contributed by atoms with Gasteiger partial charge >= 0.3 is 0 Å². The van der Waals surface area contributed by atoms with Gasteiger partial charge in [-0.3, -0.25) is 9.78 Å². The lowest BCUT2D eigenvalue weighted by Crippen LogP contribution is -2.23. The van der Waals surface area contributed by atoms with Gasteiger partial charge < -0.3 is 10.2 Å². The van der Waals surface area contributed by atoms with E-state index in [4.69, 9.17) is 0 Å². The molecular weight excluding hydrogens is 362 g/mol. The Kier molecular flexibility index (Phi) is 5.79. The van der Waals surface area contributed by atoms with Crippen LogP contribution in [-0.2, 0) is 17.6 Å². The summed E-state index contributed by atoms with van der Waals surface area (Å²) in [6, 6.07) is 15.6. The number of aromatic nitrogens is 3. The number of carbonyl (C=O) groups is 1. The van der Waals surface area contributed by atoms with E-state index in [0.29, 0.717) is 6.42 Å². The van der Waals surface area contributed by atoms with Crippen molar-refractivity contribution in [2.45, 2.75) is 32.1 Å². The first-order valence-corrected chi connectivity index (χ1v) is 10.1. The summed E-state index contributed by atoms with van der Waals surface area (Å²) in [7, 11) is 1.91. The van der Waals surface area contributed by atoms with E-state index in [0.717, 1.165) is 48.8 Å². The first-order chi connectivity index (χ1) is 14.3. The zero-order valence-electron chi connectivity index (χ0n) is 16.6. The maximum absolute atomic E-state index is 11.3. The fourth-order valence-electron chi connectivity index (χ4n) is 3.78. The van der Waals surface area contributed by atoms with Gasteiger partial charge in [0.25, 0.3) is 0 Å². The molecule has 2 aliphatic rings. The molecule has 1 saturated heterocycles. The Morgan fingerprint density at radius 3 is 2.45 bits per heavy atom. The summed E-state index contributed by atoms with van der Waals surface area (Å²) < 4.78 is 0. The highest BCUT2D eigenvalue weighted by atomic mass is 16.2. The topological polar surface area (TPSA) is 71.0 Å². The van der Waals surface area contributed by atoms with Crippen molar-refractivity contribution in [3.63, 3.8) is 0 Å². The molecule has 5 rings (SSSR count). The molecule has 0 bridgehead atoms. The van der Waals surface area contributed by atoms with Crippen LogP contribution in [0, 0.1) is 0 Å². The third-order valence-corrected chi connectivity index (χ3v) is 5.21. The highest BCUT2D eigenvalue weighted by Crippen LogP contribution is 2.28. The maximum Gasteiger partial charge on any atom is 0.227 e. The van der Waals surface area contributed by atoms with Gasteiger partial charge in [-0.05, 0) is 49.9 Å². The Hall–Kier alpha value is -3.28. The van der Waals surface area contributed by atoms with Crippen LogP contribution in [0.1, 0.15) is 30.5 Å². The van der Waals surface area contributed by atoms with Crippen molar-refractivity contribution >= 4 is 17.4 Å². The fourth-order valence-corrected chi connectivity index (χ4v) is 3.78. The lowest BCUT2D eigenvalue weighted by Gasteiger charge is -2.14. The number of benzene rings is 1. The zero-order valence-corrected chi connectivity index (χ0v) is 16.6. The molecule has 1 amide bonds. The third kappa shape index (κ3) is 4.26. The average molecular weight is 387 g/mol. The second kappa shape index (κ2) is 8.82. The number of carbonyl (C=O) groups excluding carboxylic acids is 1. The van der Waals surface area contributed by atoms with E-state index in [-0.39, 0.29) is 5.91 Å². The van der Waals surface area contributed by atoms with Gasteiger partial charge in [-0.15, -0.1) is 0 Å². The molecule has 0 unspecified atom stereocenters. The molecule has 6 nitrogen and oxygen atoms in total. The number of para-hydroxylation sites is 1. The minimum atomic E-state index is 0.251. The molecule has 3 heterocycles. The van der Waals surface area contributed by atoms with Crippen molar-refractivity contribution in [3.8, 4) is 11.5 Å². The Morgan fingerprint density at radius 1 is 0.931 bits per heavy atom. The van der Waals surface area contributed by atoms with E-state index in [2.05, 4.69) is 20.3 Å². The van der Waals surface area contributed by atoms with Gasteiger partial charge in [-0.2, -0.15) is 0 Å². The normalized spacial score (nSPS) is 14.9. The highest BCUT2D eigenvalue weighted by molar-refractivity contribution is 5.95. The molecule has 1 N–H and O–H groups in total. The molecule has 0 saturated carbocycles. The largest absolute Gasteiger partial charge is 0.373 e. The second-order valence-electron chi connectivity index (χ2n) is 7.12. The molecule has 6 heteroatoms. The molecule has 0 spiro atoms. The number of hydrogen-bond donors (Lipinski definition) is 1. The fraction of sp³-hybridized carbons (Fsp3) is 0.304. The quantitative estimate of drug-likeness (QED) is 0.738. The molecule has 0 radical (unpaired) electrons. The first-order valence-electron chi connectivity index (χ1n) is 10.1. The van der Waals surface area contributed by atoms with Gasteiger partial charge in [0.15, 0.2) is 5.82 Å². The van der Waals surface area contributed by atoms with E-state index < -0.39 is 0 Å². The monoisotopic (exact) mass is 387 g/mol. The van der Waals surface area contributed by atoms with Gasteiger partial charge in [0.1, 0.15) is 11.5 Å². The van der Waals surface area contributed by atoms with Crippen LogP contribution in [-0.4, -0.2) is 34.5 Å². The van der Waals surface area contributed by atoms with Crippen LogP contribution in [0.15, 0.2) is 54.7 Å². The number of amides is 1. The van der Waals surface area contributed by atoms with Crippen LogP contribution < -0.4 is 10.2 Å². The zero-order chi connectivity index (χ0) is 20.1. The van der Waals surface area contributed by atoms with E-state index in [9.17, 15) is 4.79 Å². The summed E-state index contributed by atoms with van der Waals surface area (Å²) in [5, 5.41) is 3.16. The van der Waals surface area contributed by atoms with Crippen molar-refractivity contribution < 1.29 is 4.79 Å². The number of aryl methyl sites for hydroxylation is 1. The standard InChI is InChI=1S/C13H14N4.C10H11NO/c1-14-12-9-5-4-7-10(9)16-13(17-12)11-6-2-3-8-15-11;12-10-7-4-8-11(10)9-5-2-1-3-6-9/h2-3,6,8H,4-5,7H2,1H3,(H,14,16,17);1-3,5-6H,4,7-8H2. The van der Waals surface area contributed by atoms with Crippen LogP contribution in [0.25, 0.3) is 11.5 Å². The van der Waals surface area contributed by atoms with Crippen LogP contribution in [0.3, 0.4) is 0 Å². The predicted molar refractivity (Wildman–Crippen MR) is 115 cm³/mol. The Balaban J connectivity index is 0.000000150. The minimum absolute atomic E-state index is 0.251. The molecule has 29 heavy (non-hydrogen) atoms. The number of rotatable bonds is 3. The SMILES string of the molecule is CNc1nc(-c2ccccn2)nc2c1CCC2.O=C1CCCN1c1ccccc1. The number of fused-ring (bicyclic) bond motifs is 1. The lowest BCUT2D eigenvalue weighted by molar-refractivity contribution is -0.117. The molecule has 3 aromatic rings. The summed E-state index contributed by atoms with van der Waals surface area (Å²) in [5.74, 6) is 1.92. The molecule has 1 aromatic carbocycles. The number of nitrogens with one attached hydrogen (secondary N) is 1. The molecule has 1 fully saturated rings. The Bertz CT molecular complexity index is 975. The minimum Gasteiger partial charge on any atom is -0.373 e. The average Bonchev–Trinajstić information content (AvgIpc) is 3.43. The first kappa shape index (κ1) is 19.1. The summed E-state index contributed by atoms with van der Waals surface area (Å²) in [5.41, 5.74) is 4.30. The molecule has 1 aliphatic carbocycles. The van der Waals surface area contributed by atoms with Gasteiger partial charge in [0.2, 0.25) is 5.91 Å². The van der Waals surface area contributed by atoms with Crippen LogP contribution in [0.4, 0.5) is 11.5 Å². The molecule has 1 aliphatic heterocycles. The summed E-state index contributed by atoms with van der Waals surface area (Å²) in [6.45, 7) is 0.878. The van der Waals surface area contributed by atoms with Gasteiger partial charge in [-0.25, -0.2) is 9.97 Å². The van der Waals surface area contributed by atoms with Gasteiger partial charge in [0.05, 0.1) is 0 Å². The van der Waals surface area contributed by atoms with Crippen molar-refractivity contribution in [1.29, 1.82) is 0 Å². The van der Waals surface area contributed by atoms with Crippen LogP contribution >= 0.6 is 0 Å². The predicted octanol–water partition coefficient (Wildman–Crippen LogP) is 3.88. The second-order valence-corrected chi connectivity index (χ2v) is 7.12. The van der Waals surface area contributed by atoms with Crippen LogP contribution in [0.5, 0.6) is 0 Å². The maximum atomic E-state index is 11.3. The third-order valence-electron chi connectivity index (χ3n) is 5.21. The number of hydrogen-bond acceptors (Lipinski definition) is 5. The summed E-state index contributed by atoms with van der Waals surface area (Å²) in [4.78, 5) is 26.6. The summed E-state index contributed by atoms with van der Waals surface area (Å²) >= 11 is 0. The number of nitrogens with zero attached hydrogens (tertiary/aromatic N) is 4. The van der Waals surface area contributed by atoms with Crippen LogP contribution in [0.2, 0.25) is 0 Å². The molecule has 148 valence electrons. The Morgan fingerprint density at radius 2 is 1.76 bits per heavy atom. The smallest absolute Gasteiger partial charge is 0.227 e. The van der Waals surface area contributed by atoms with Crippen molar-refractivity contribution in [2.75, 3.05) is 23.8 Å². The molecule has 2 aromatic heterocycles. The van der Waals surface area contributed by atoms with E-state index in [1.165, 1.54) is 17.7 Å². The highest BCUT2D eigenvalue weighted by Gasteiger charge is 2.21. The van der Waals surface area contributed by atoms with Gasteiger partial charge in [0, 0.05) is 43.2 Å². The lowest BCUT2D eigenvalue weighted by atomic mass is 10.2.